The summed E-state index contributed by atoms with van der Waals surface area (Å²) >= 11 is 1.14. The monoisotopic (exact) mass is 303 g/mol. The molecule has 0 amide bonds. The summed E-state index contributed by atoms with van der Waals surface area (Å²) in [6.07, 6.45) is -3.93. The molecule has 2 aliphatic rings. The molecule has 1 aromatic carbocycles. The van der Waals surface area contributed by atoms with E-state index in [0.717, 1.165) is 17.8 Å². The van der Waals surface area contributed by atoms with Crippen LogP contribution in [-0.2, 0) is 15.7 Å². The molecular formula is C13H12F3NO2S. The smallest absolute Gasteiger partial charge is 0.419 e. The summed E-state index contributed by atoms with van der Waals surface area (Å²) in [6.45, 7) is 0.512. The number of thioether (sulfide) groups is 1. The Hall–Kier alpha value is -1.21. The number of nitrogens with one attached hydrogen (secondary N) is 1. The van der Waals surface area contributed by atoms with Crippen LogP contribution in [0.25, 0.3) is 0 Å². The number of halogens is 3. The lowest BCUT2D eigenvalue weighted by Gasteiger charge is -2.26. The zero-order valence-corrected chi connectivity index (χ0v) is 11.4. The van der Waals surface area contributed by atoms with Crippen molar-refractivity contribution >= 4 is 16.9 Å². The quantitative estimate of drug-likeness (QED) is 0.911. The predicted octanol–water partition coefficient (Wildman–Crippen LogP) is 2.54. The van der Waals surface area contributed by atoms with Gasteiger partial charge in [0.15, 0.2) is 0 Å². The zero-order valence-electron chi connectivity index (χ0n) is 10.6. The Morgan fingerprint density at radius 3 is 2.70 bits per heavy atom. The van der Waals surface area contributed by atoms with Crippen molar-refractivity contribution in [2.45, 2.75) is 23.4 Å². The number of carbonyl (C=O) groups is 1. The van der Waals surface area contributed by atoms with Gasteiger partial charge in [-0.25, -0.2) is 0 Å². The Bertz CT molecular complexity index is 575. The van der Waals surface area contributed by atoms with E-state index in [1.54, 1.807) is 6.07 Å². The number of rotatable bonds is 2. The molecule has 2 atom stereocenters. The van der Waals surface area contributed by atoms with Gasteiger partial charge in [0.25, 0.3) is 0 Å². The van der Waals surface area contributed by atoms with Crippen LogP contribution in [0.15, 0.2) is 18.2 Å². The number of ether oxygens (including phenoxy) is 1. The molecule has 2 aliphatic heterocycles. The first-order chi connectivity index (χ1) is 9.36. The fourth-order valence-corrected chi connectivity index (χ4v) is 4.11. The molecule has 1 aromatic rings. The largest absolute Gasteiger partial charge is 0.496 e. The molecule has 0 radical (unpaired) electrons. The Labute approximate surface area is 117 Å². The molecule has 3 nitrogen and oxygen atoms in total. The first-order valence-corrected chi connectivity index (χ1v) is 6.89. The molecule has 0 saturated carbocycles. The van der Waals surface area contributed by atoms with Crippen LogP contribution in [0.3, 0.4) is 0 Å². The van der Waals surface area contributed by atoms with Crippen LogP contribution in [-0.4, -0.2) is 24.8 Å². The van der Waals surface area contributed by atoms with Crippen LogP contribution in [0.1, 0.15) is 17.5 Å². The first kappa shape index (κ1) is 13.8. The maximum absolute atomic E-state index is 13.0. The number of methoxy groups -OCH3 is 1. The third-order valence-corrected chi connectivity index (χ3v) is 5.20. The van der Waals surface area contributed by atoms with Gasteiger partial charge in [-0.3, -0.25) is 4.79 Å². The van der Waals surface area contributed by atoms with Gasteiger partial charge in [-0.15, -0.1) is 0 Å². The molecule has 3 rings (SSSR count). The summed E-state index contributed by atoms with van der Waals surface area (Å²) in [5, 5.41) is 3.05. The first-order valence-electron chi connectivity index (χ1n) is 6.08. The molecule has 2 heterocycles. The minimum Gasteiger partial charge on any atom is -0.496 e. The molecule has 2 unspecified atom stereocenters. The average Bonchev–Trinajstić information content (AvgIpc) is 2.95. The number of fused-ring (bicyclic) bond motifs is 2. The molecule has 2 saturated heterocycles. The van der Waals surface area contributed by atoms with E-state index in [1.807, 2.05) is 0 Å². The van der Waals surface area contributed by atoms with E-state index in [2.05, 4.69) is 5.32 Å². The Morgan fingerprint density at radius 2 is 2.20 bits per heavy atom. The summed E-state index contributed by atoms with van der Waals surface area (Å²) in [7, 11) is 1.21. The van der Waals surface area contributed by atoms with E-state index in [1.165, 1.54) is 13.2 Å². The fourth-order valence-electron chi connectivity index (χ4n) is 2.76. The molecule has 1 N–H and O–H groups in total. The Kier molecular flexibility index (Phi) is 3.02. The van der Waals surface area contributed by atoms with Gasteiger partial charge in [0, 0.05) is 6.54 Å². The van der Waals surface area contributed by atoms with E-state index in [0.29, 0.717) is 18.5 Å². The molecule has 2 bridgehead atoms. The lowest BCUT2D eigenvalue weighted by Crippen LogP contribution is -2.34. The molecule has 108 valence electrons. The van der Waals surface area contributed by atoms with Gasteiger partial charge >= 0.3 is 6.18 Å². The number of benzene rings is 1. The third-order valence-electron chi connectivity index (χ3n) is 3.78. The molecule has 0 aromatic heterocycles. The second kappa shape index (κ2) is 4.39. The van der Waals surface area contributed by atoms with Gasteiger partial charge in [-0.05, 0) is 24.1 Å². The molecular weight excluding hydrogens is 291 g/mol. The maximum Gasteiger partial charge on any atom is 0.419 e. The normalized spacial score (nSPS) is 29.0. The van der Waals surface area contributed by atoms with Crippen molar-refractivity contribution in [3.63, 3.8) is 0 Å². The van der Waals surface area contributed by atoms with Crippen molar-refractivity contribution in [1.29, 1.82) is 0 Å². The van der Waals surface area contributed by atoms with E-state index in [9.17, 15) is 18.0 Å². The maximum atomic E-state index is 13.0. The van der Waals surface area contributed by atoms with Crippen molar-refractivity contribution in [2.75, 3.05) is 13.7 Å². The minimum absolute atomic E-state index is 0.000580. The Morgan fingerprint density at radius 1 is 1.45 bits per heavy atom. The molecule has 0 aliphatic carbocycles. The summed E-state index contributed by atoms with van der Waals surface area (Å²) in [5.41, 5.74) is -0.272. The highest BCUT2D eigenvalue weighted by molar-refractivity contribution is 8.15. The highest BCUT2D eigenvalue weighted by Gasteiger charge is 2.52. The van der Waals surface area contributed by atoms with E-state index >= 15 is 0 Å². The highest BCUT2D eigenvalue weighted by atomic mass is 32.2. The van der Waals surface area contributed by atoms with Crippen molar-refractivity contribution in [2.24, 2.45) is 0 Å². The highest BCUT2D eigenvalue weighted by Crippen LogP contribution is 2.52. The molecule has 0 spiro atoms. The van der Waals surface area contributed by atoms with E-state index in [4.69, 9.17) is 4.74 Å². The number of carbonyl (C=O) groups excluding carboxylic acids is 1. The second-order valence-corrected chi connectivity index (χ2v) is 6.35. The predicted molar refractivity (Wildman–Crippen MR) is 68.7 cm³/mol. The molecule has 7 heteroatoms. The van der Waals surface area contributed by atoms with Gasteiger partial charge in [-0.2, -0.15) is 13.2 Å². The van der Waals surface area contributed by atoms with Gasteiger partial charge in [0.05, 0.1) is 23.5 Å². The van der Waals surface area contributed by atoms with Crippen LogP contribution in [0.2, 0.25) is 0 Å². The van der Waals surface area contributed by atoms with E-state index in [-0.39, 0.29) is 16.9 Å². The van der Waals surface area contributed by atoms with Gasteiger partial charge in [0.2, 0.25) is 5.12 Å². The van der Waals surface area contributed by atoms with Gasteiger partial charge in [-0.1, -0.05) is 17.8 Å². The van der Waals surface area contributed by atoms with Crippen LogP contribution in [0.4, 0.5) is 13.2 Å². The Balaban J connectivity index is 2.06. The van der Waals surface area contributed by atoms with Crippen molar-refractivity contribution < 1.29 is 22.7 Å². The van der Waals surface area contributed by atoms with Crippen molar-refractivity contribution in [3.8, 4) is 5.75 Å². The van der Waals surface area contributed by atoms with Crippen LogP contribution >= 0.6 is 11.8 Å². The fraction of sp³-hybridized carbons (Fsp3) is 0.462. The summed E-state index contributed by atoms with van der Waals surface area (Å²) in [6, 6.07) is 3.80. The SMILES string of the molecule is COc1ccc(C23CNC(C2)C(=O)S3)cc1C(F)(F)F. The van der Waals surface area contributed by atoms with Crippen LogP contribution < -0.4 is 10.1 Å². The minimum atomic E-state index is -4.48. The third kappa shape index (κ3) is 2.00. The number of alkyl halides is 3. The standard InChI is InChI=1S/C13H12F3NO2S/c1-19-10-3-2-7(4-8(10)13(14,15)16)12-5-9(17-6-12)11(18)20-12/h2-4,9,17H,5-6H2,1H3. The summed E-state index contributed by atoms with van der Waals surface area (Å²) in [5.74, 6) is -0.200. The van der Waals surface area contributed by atoms with Crippen molar-refractivity contribution in [1.82, 2.24) is 5.32 Å². The van der Waals surface area contributed by atoms with Crippen molar-refractivity contribution in [3.05, 3.63) is 29.3 Å². The van der Waals surface area contributed by atoms with E-state index < -0.39 is 16.5 Å². The molecule has 20 heavy (non-hydrogen) atoms. The average molecular weight is 303 g/mol. The summed E-state index contributed by atoms with van der Waals surface area (Å²) < 4.78 is 43.3. The number of hydrogen-bond acceptors (Lipinski definition) is 4. The van der Waals surface area contributed by atoms with Crippen LogP contribution in [0, 0.1) is 0 Å². The van der Waals surface area contributed by atoms with Crippen LogP contribution in [0.5, 0.6) is 5.75 Å². The number of hydrogen-bond donors (Lipinski definition) is 1. The topological polar surface area (TPSA) is 38.3 Å². The lowest BCUT2D eigenvalue weighted by atomic mass is 9.94. The lowest BCUT2D eigenvalue weighted by molar-refractivity contribution is -0.138. The summed E-state index contributed by atoms with van der Waals surface area (Å²) in [4.78, 5) is 11.7. The molecule has 2 fully saturated rings. The van der Waals surface area contributed by atoms with Gasteiger partial charge < -0.3 is 10.1 Å². The zero-order chi connectivity index (χ0) is 14.5. The second-order valence-electron chi connectivity index (χ2n) is 4.97. The van der Waals surface area contributed by atoms with Gasteiger partial charge in [0.1, 0.15) is 5.75 Å².